The Kier molecular flexibility index (Phi) is 4.70. The van der Waals surface area contributed by atoms with E-state index >= 15 is 0 Å². The molecule has 0 aromatic heterocycles. The standard InChI is InChI=1S/C17H7N9.Yb/c18-8-9-7-16-24-14-4-3-12(22-14)20-10-1-2-11(19-10)21-13-5-6-15(23-13)25-17(9)26-16;/h1-7H;. The van der Waals surface area contributed by atoms with Gasteiger partial charge in [0.1, 0.15) is 11.6 Å². The Bertz CT molecular complexity index is 1170. The monoisotopic (exact) mass is 511 g/mol. The first-order valence-corrected chi connectivity index (χ1v) is 7.61. The summed E-state index contributed by atoms with van der Waals surface area (Å²) in [7, 11) is 0. The van der Waals surface area contributed by atoms with E-state index in [1.807, 2.05) is 0 Å². The predicted molar refractivity (Wildman–Crippen MR) is 101 cm³/mol. The normalized spacial score (nSPS) is 21.1. The van der Waals surface area contributed by atoms with Crippen LogP contribution in [-0.4, -0.2) is 46.7 Å². The van der Waals surface area contributed by atoms with Crippen molar-refractivity contribution in [3.63, 3.8) is 0 Å². The molecular formula is C17H7N9Yb. The molecule has 0 aliphatic carbocycles. The summed E-state index contributed by atoms with van der Waals surface area (Å²) >= 11 is 0. The molecule has 0 aromatic rings. The zero-order chi connectivity index (χ0) is 17.5. The van der Waals surface area contributed by atoms with Gasteiger partial charge in [-0.05, 0) is 36.5 Å². The van der Waals surface area contributed by atoms with Gasteiger partial charge < -0.3 is 0 Å². The number of hydrogen-bond acceptors (Lipinski definition) is 9. The molecule has 9 nitrogen and oxygen atoms in total. The predicted octanol–water partition coefficient (Wildman–Crippen LogP) is 1.36. The number of rotatable bonds is 0. The Balaban J connectivity index is 0.00000180. The Morgan fingerprint density at radius 2 is 0.889 bits per heavy atom. The van der Waals surface area contributed by atoms with E-state index in [1.165, 1.54) is 0 Å². The van der Waals surface area contributed by atoms with Gasteiger partial charge in [0.2, 0.25) is 0 Å². The van der Waals surface area contributed by atoms with Gasteiger partial charge in [-0.1, -0.05) is 0 Å². The zero-order valence-corrected chi connectivity index (χ0v) is 15.0. The molecule has 0 saturated carbocycles. The van der Waals surface area contributed by atoms with Crippen molar-refractivity contribution < 1.29 is 46.9 Å². The summed E-state index contributed by atoms with van der Waals surface area (Å²) in [6.07, 6.45) is 11.9. The molecule has 0 N–H and O–H groups in total. The summed E-state index contributed by atoms with van der Waals surface area (Å²) in [5, 5.41) is 9.30. The third-order valence-electron chi connectivity index (χ3n) is 3.59. The molecule has 5 heterocycles. The third-order valence-corrected chi connectivity index (χ3v) is 3.59. The van der Waals surface area contributed by atoms with Crippen LogP contribution in [0.25, 0.3) is 0 Å². The van der Waals surface area contributed by atoms with Gasteiger partial charge in [0.25, 0.3) is 0 Å². The van der Waals surface area contributed by atoms with Crippen molar-refractivity contribution in [2.24, 2.45) is 39.9 Å². The second-order valence-electron chi connectivity index (χ2n) is 5.40. The number of nitrogens with zero attached hydrogens (tertiary/aromatic N) is 9. The summed E-state index contributed by atoms with van der Waals surface area (Å²) in [6.45, 7) is 0. The summed E-state index contributed by atoms with van der Waals surface area (Å²) < 4.78 is 0. The van der Waals surface area contributed by atoms with Crippen LogP contribution in [-0.2, 0) is 0 Å². The summed E-state index contributed by atoms with van der Waals surface area (Å²) in [6, 6.07) is 2.06. The van der Waals surface area contributed by atoms with Crippen molar-refractivity contribution >= 4 is 46.7 Å². The quantitative estimate of drug-likeness (QED) is 0.480. The second kappa shape index (κ2) is 7.15. The molecular weight excluding hydrogens is 503 g/mol. The number of aliphatic imine (C=N–C) groups is 8. The number of fused-ring (bicyclic) bond motifs is 4. The molecule has 134 valence electrons. The van der Waals surface area contributed by atoms with Crippen LogP contribution in [0.15, 0.2) is 88.0 Å². The van der Waals surface area contributed by atoms with E-state index in [1.54, 1.807) is 42.5 Å². The molecule has 27 heavy (non-hydrogen) atoms. The van der Waals surface area contributed by atoms with Crippen molar-refractivity contribution in [3.05, 3.63) is 48.1 Å². The van der Waals surface area contributed by atoms with Crippen LogP contribution < -0.4 is 0 Å². The maximum atomic E-state index is 9.30. The minimum Gasteiger partial charge on any atom is -0.209 e. The molecule has 8 bridgehead atoms. The average molecular weight is 510 g/mol. The summed E-state index contributed by atoms with van der Waals surface area (Å²) in [5.74, 6) is 3.38. The van der Waals surface area contributed by atoms with E-state index in [2.05, 4.69) is 46.0 Å². The van der Waals surface area contributed by atoms with Gasteiger partial charge in [0, 0.05) is 53.0 Å². The zero-order valence-electron chi connectivity index (χ0n) is 13.3. The van der Waals surface area contributed by atoms with Crippen molar-refractivity contribution in [3.8, 4) is 6.07 Å². The molecule has 0 unspecified atom stereocenters. The molecule has 5 rings (SSSR count). The number of nitriles is 1. The van der Waals surface area contributed by atoms with Crippen LogP contribution in [0.4, 0.5) is 0 Å². The smallest absolute Gasteiger partial charge is 0.174 e. The van der Waals surface area contributed by atoms with Gasteiger partial charge in [-0.3, -0.25) is 0 Å². The van der Waals surface area contributed by atoms with Crippen LogP contribution in [0.1, 0.15) is 0 Å². The van der Waals surface area contributed by atoms with Gasteiger partial charge in [-0.25, -0.2) is 39.9 Å². The molecule has 0 fully saturated rings. The third kappa shape index (κ3) is 3.60. The minimum absolute atomic E-state index is 0. The van der Waals surface area contributed by atoms with Crippen LogP contribution in [0.2, 0.25) is 0 Å². The molecule has 10 heteroatoms. The first kappa shape index (κ1) is 17.7. The SMILES string of the molecule is N#CC1=CC2=NC3=NC(=NC4=NC(=NC5=NC(=NC1=N2)C=C5)C=C4)C=C3.[Yb]. The van der Waals surface area contributed by atoms with Crippen molar-refractivity contribution in [2.75, 3.05) is 0 Å². The maximum Gasteiger partial charge on any atom is 0.174 e. The fraction of sp³-hybridized carbons (Fsp3) is 0. The fourth-order valence-corrected chi connectivity index (χ4v) is 2.48. The van der Waals surface area contributed by atoms with Crippen molar-refractivity contribution in [2.45, 2.75) is 0 Å². The van der Waals surface area contributed by atoms with Crippen LogP contribution in [0.3, 0.4) is 0 Å². The molecule has 0 radical (unpaired) electrons. The minimum atomic E-state index is 0. The largest absolute Gasteiger partial charge is 0.209 e. The van der Waals surface area contributed by atoms with Crippen molar-refractivity contribution in [1.82, 2.24) is 0 Å². The number of amidine groups is 8. The van der Waals surface area contributed by atoms with Crippen LogP contribution in [0.5, 0.6) is 0 Å². The van der Waals surface area contributed by atoms with Crippen LogP contribution in [0, 0.1) is 58.3 Å². The van der Waals surface area contributed by atoms with Gasteiger partial charge in [0.05, 0.1) is 0 Å². The topological polar surface area (TPSA) is 123 Å². The van der Waals surface area contributed by atoms with E-state index in [9.17, 15) is 5.26 Å². The van der Waals surface area contributed by atoms with Crippen LogP contribution >= 0.6 is 0 Å². The van der Waals surface area contributed by atoms with Gasteiger partial charge in [-0.2, -0.15) is 5.26 Å². The molecule has 0 saturated heterocycles. The maximum absolute atomic E-state index is 9.30. The van der Waals surface area contributed by atoms with Gasteiger partial charge in [0.15, 0.2) is 46.7 Å². The van der Waals surface area contributed by atoms with Gasteiger partial charge in [-0.15, -0.1) is 0 Å². The van der Waals surface area contributed by atoms with Crippen molar-refractivity contribution in [1.29, 1.82) is 5.26 Å². The molecule has 0 aromatic carbocycles. The van der Waals surface area contributed by atoms with Gasteiger partial charge >= 0.3 is 0 Å². The van der Waals surface area contributed by atoms with E-state index in [0.717, 1.165) is 0 Å². The Morgan fingerprint density at radius 3 is 1.30 bits per heavy atom. The fourth-order valence-electron chi connectivity index (χ4n) is 2.48. The van der Waals surface area contributed by atoms with E-state index in [-0.39, 0.29) is 52.8 Å². The number of hydrogen-bond donors (Lipinski definition) is 0. The molecule has 0 spiro atoms. The molecule has 0 atom stereocenters. The Hall–Kier alpha value is -2.67. The van der Waals surface area contributed by atoms with E-state index in [0.29, 0.717) is 46.4 Å². The first-order chi connectivity index (χ1) is 12.7. The first-order valence-electron chi connectivity index (χ1n) is 7.61. The summed E-state index contributed by atoms with van der Waals surface area (Å²) in [5.41, 5.74) is 0.313. The molecule has 5 aliphatic rings. The Labute approximate surface area is 191 Å². The molecule has 5 aliphatic heterocycles. The average Bonchev–Trinajstić information content (AvgIpc) is 3.39. The summed E-state index contributed by atoms with van der Waals surface area (Å²) in [4.78, 5) is 34.5. The second-order valence-corrected chi connectivity index (χ2v) is 5.40. The van der Waals surface area contributed by atoms with E-state index in [4.69, 9.17) is 0 Å². The molecule has 0 amide bonds. The van der Waals surface area contributed by atoms with E-state index < -0.39 is 0 Å². The Morgan fingerprint density at radius 1 is 0.519 bits per heavy atom.